The minimum Gasteiger partial charge on any atom is -0.354 e. The molecular weight excluding hydrogens is 426 g/mol. The molecule has 0 unspecified atom stereocenters. The second-order valence-corrected chi connectivity index (χ2v) is 10.8. The summed E-state index contributed by atoms with van der Waals surface area (Å²) in [6.45, 7) is 10.4. The molecule has 0 bridgehead atoms. The lowest BCUT2D eigenvalue weighted by molar-refractivity contribution is -0.123. The summed E-state index contributed by atoms with van der Waals surface area (Å²) in [5, 5.41) is 10.8. The molecule has 2 aromatic carbocycles. The van der Waals surface area contributed by atoms with Crippen molar-refractivity contribution in [3.05, 3.63) is 65.2 Å². The van der Waals surface area contributed by atoms with E-state index in [1.165, 1.54) is 12.1 Å². The fraction of sp³-hybridized carbons (Fsp3) is 0.417. The molecule has 2 amide bonds. The Bertz CT molecular complexity index is 1040. The van der Waals surface area contributed by atoms with E-state index in [-0.39, 0.29) is 28.0 Å². The SMILES string of the molecule is CC(C)[C@H](NC(=O)c1ccc(C(C)(C)C)cc1)C(=O)NCCc1ccc(S(N)(=O)=O)cc1. The van der Waals surface area contributed by atoms with Crippen molar-refractivity contribution in [2.24, 2.45) is 11.1 Å². The van der Waals surface area contributed by atoms with E-state index in [9.17, 15) is 18.0 Å². The zero-order valence-corrected chi connectivity index (χ0v) is 20.1. The highest BCUT2D eigenvalue weighted by atomic mass is 32.2. The number of sulfonamides is 1. The van der Waals surface area contributed by atoms with Gasteiger partial charge in [-0.1, -0.05) is 58.9 Å². The number of primary sulfonamides is 1. The minimum atomic E-state index is -3.73. The number of amides is 2. The Labute approximate surface area is 190 Å². The summed E-state index contributed by atoms with van der Waals surface area (Å²) in [5.41, 5.74) is 2.49. The second-order valence-electron chi connectivity index (χ2n) is 9.25. The molecule has 7 nitrogen and oxygen atoms in total. The van der Waals surface area contributed by atoms with Gasteiger partial charge in [0.2, 0.25) is 15.9 Å². The fourth-order valence-corrected chi connectivity index (χ4v) is 3.68. The average molecular weight is 460 g/mol. The van der Waals surface area contributed by atoms with Crippen molar-refractivity contribution < 1.29 is 18.0 Å². The number of hydrogen-bond acceptors (Lipinski definition) is 4. The van der Waals surface area contributed by atoms with E-state index >= 15 is 0 Å². The normalized spacial score (nSPS) is 13.0. The molecule has 0 radical (unpaired) electrons. The third kappa shape index (κ3) is 7.17. The predicted molar refractivity (Wildman–Crippen MR) is 126 cm³/mol. The Morgan fingerprint density at radius 3 is 2.00 bits per heavy atom. The molecule has 0 fully saturated rings. The van der Waals surface area contributed by atoms with Crippen molar-refractivity contribution in [3.63, 3.8) is 0 Å². The standard InChI is InChI=1S/C24H33N3O4S/c1-16(2)21(27-22(28)18-8-10-19(11-9-18)24(3,4)5)23(29)26-15-14-17-6-12-20(13-7-17)32(25,30)31/h6-13,16,21H,14-15H2,1-5H3,(H,26,29)(H,27,28)(H2,25,30,31)/t21-/m0/s1. The Kier molecular flexibility index (Phi) is 8.20. The van der Waals surface area contributed by atoms with Crippen LogP contribution in [0.5, 0.6) is 0 Å². The summed E-state index contributed by atoms with van der Waals surface area (Å²) in [7, 11) is -3.73. The molecule has 8 heteroatoms. The number of nitrogens with two attached hydrogens (primary N) is 1. The first-order valence-corrected chi connectivity index (χ1v) is 12.1. The maximum Gasteiger partial charge on any atom is 0.251 e. The second kappa shape index (κ2) is 10.3. The molecule has 0 aliphatic rings. The Hall–Kier alpha value is -2.71. The highest BCUT2D eigenvalue weighted by Crippen LogP contribution is 2.22. The molecule has 0 aliphatic heterocycles. The number of carbonyl (C=O) groups is 2. The first-order valence-electron chi connectivity index (χ1n) is 10.6. The molecule has 0 saturated heterocycles. The van der Waals surface area contributed by atoms with E-state index in [4.69, 9.17) is 5.14 Å². The summed E-state index contributed by atoms with van der Waals surface area (Å²) >= 11 is 0. The number of rotatable bonds is 8. The van der Waals surface area contributed by atoms with Gasteiger partial charge in [0, 0.05) is 12.1 Å². The largest absolute Gasteiger partial charge is 0.354 e. The molecule has 0 aliphatic carbocycles. The van der Waals surface area contributed by atoms with Crippen LogP contribution in [-0.4, -0.2) is 32.8 Å². The molecule has 2 aromatic rings. The van der Waals surface area contributed by atoms with Crippen molar-refractivity contribution in [2.75, 3.05) is 6.54 Å². The summed E-state index contributed by atoms with van der Waals surface area (Å²) in [6.07, 6.45) is 0.518. The van der Waals surface area contributed by atoms with Crippen LogP contribution >= 0.6 is 0 Å². The third-order valence-electron chi connectivity index (χ3n) is 5.21. The Morgan fingerprint density at radius 2 is 1.53 bits per heavy atom. The quantitative estimate of drug-likeness (QED) is 0.562. The highest BCUT2D eigenvalue weighted by Gasteiger charge is 2.24. The van der Waals surface area contributed by atoms with Gasteiger partial charge in [0.15, 0.2) is 0 Å². The Morgan fingerprint density at radius 1 is 0.969 bits per heavy atom. The minimum absolute atomic E-state index is 0.00570. The lowest BCUT2D eigenvalue weighted by atomic mass is 9.86. The summed E-state index contributed by atoms with van der Waals surface area (Å²) in [6, 6.07) is 12.9. The smallest absolute Gasteiger partial charge is 0.251 e. The van der Waals surface area contributed by atoms with Gasteiger partial charge >= 0.3 is 0 Å². The molecule has 0 spiro atoms. The van der Waals surface area contributed by atoms with Crippen LogP contribution in [0.2, 0.25) is 0 Å². The van der Waals surface area contributed by atoms with Gasteiger partial charge in [0.25, 0.3) is 5.91 Å². The summed E-state index contributed by atoms with van der Waals surface area (Å²) < 4.78 is 22.6. The number of nitrogens with one attached hydrogen (secondary N) is 2. The van der Waals surface area contributed by atoms with Crippen LogP contribution in [0, 0.1) is 5.92 Å². The van der Waals surface area contributed by atoms with Gasteiger partial charge in [0.05, 0.1) is 4.90 Å². The molecule has 2 rings (SSSR count). The average Bonchev–Trinajstić information content (AvgIpc) is 2.70. The molecule has 0 heterocycles. The lowest BCUT2D eigenvalue weighted by Crippen LogP contribution is -2.50. The molecular formula is C24H33N3O4S. The van der Waals surface area contributed by atoms with Crippen LogP contribution in [0.15, 0.2) is 53.4 Å². The lowest BCUT2D eigenvalue weighted by Gasteiger charge is -2.22. The molecule has 174 valence electrons. The van der Waals surface area contributed by atoms with E-state index in [1.807, 2.05) is 26.0 Å². The maximum absolute atomic E-state index is 12.7. The van der Waals surface area contributed by atoms with Crippen LogP contribution in [0.25, 0.3) is 0 Å². The van der Waals surface area contributed by atoms with Crippen LogP contribution in [0.4, 0.5) is 0 Å². The van der Waals surface area contributed by atoms with Crippen molar-refractivity contribution in [3.8, 4) is 0 Å². The van der Waals surface area contributed by atoms with Crippen molar-refractivity contribution in [1.29, 1.82) is 0 Å². The number of benzene rings is 2. The zero-order valence-electron chi connectivity index (χ0n) is 19.3. The summed E-state index contributed by atoms with van der Waals surface area (Å²) in [5.74, 6) is -0.652. The maximum atomic E-state index is 12.7. The molecule has 0 aromatic heterocycles. The molecule has 32 heavy (non-hydrogen) atoms. The van der Waals surface area contributed by atoms with Gasteiger partial charge in [-0.05, 0) is 53.1 Å². The molecule has 1 atom stereocenters. The van der Waals surface area contributed by atoms with Crippen LogP contribution < -0.4 is 15.8 Å². The van der Waals surface area contributed by atoms with E-state index < -0.39 is 16.1 Å². The first-order chi connectivity index (χ1) is 14.8. The van der Waals surface area contributed by atoms with Crippen molar-refractivity contribution >= 4 is 21.8 Å². The van der Waals surface area contributed by atoms with Gasteiger partial charge in [-0.25, -0.2) is 13.6 Å². The van der Waals surface area contributed by atoms with E-state index in [0.717, 1.165) is 11.1 Å². The fourth-order valence-electron chi connectivity index (χ4n) is 3.17. The van der Waals surface area contributed by atoms with Crippen molar-refractivity contribution in [2.45, 2.75) is 57.4 Å². The van der Waals surface area contributed by atoms with Crippen LogP contribution in [-0.2, 0) is 26.7 Å². The van der Waals surface area contributed by atoms with E-state index in [2.05, 4.69) is 31.4 Å². The van der Waals surface area contributed by atoms with E-state index in [1.54, 1.807) is 24.3 Å². The van der Waals surface area contributed by atoms with Gasteiger partial charge in [-0.15, -0.1) is 0 Å². The number of carbonyl (C=O) groups excluding carboxylic acids is 2. The molecule has 0 saturated carbocycles. The Balaban J connectivity index is 1.95. The number of hydrogen-bond donors (Lipinski definition) is 3. The van der Waals surface area contributed by atoms with E-state index in [0.29, 0.717) is 18.5 Å². The van der Waals surface area contributed by atoms with Gasteiger partial charge in [-0.2, -0.15) is 0 Å². The first kappa shape index (κ1) is 25.5. The van der Waals surface area contributed by atoms with Gasteiger partial charge < -0.3 is 10.6 Å². The van der Waals surface area contributed by atoms with Gasteiger partial charge in [-0.3, -0.25) is 9.59 Å². The van der Waals surface area contributed by atoms with Crippen LogP contribution in [0.3, 0.4) is 0 Å². The van der Waals surface area contributed by atoms with Crippen LogP contribution in [0.1, 0.15) is 56.1 Å². The summed E-state index contributed by atoms with van der Waals surface area (Å²) in [4.78, 5) is 25.4. The third-order valence-corrected chi connectivity index (χ3v) is 6.14. The monoisotopic (exact) mass is 459 g/mol. The highest BCUT2D eigenvalue weighted by molar-refractivity contribution is 7.89. The van der Waals surface area contributed by atoms with Gasteiger partial charge in [0.1, 0.15) is 6.04 Å². The topological polar surface area (TPSA) is 118 Å². The zero-order chi connectivity index (χ0) is 24.1. The molecule has 4 N–H and O–H groups in total. The predicted octanol–water partition coefficient (Wildman–Crippen LogP) is 2.74. The van der Waals surface area contributed by atoms with Crippen molar-refractivity contribution in [1.82, 2.24) is 10.6 Å².